The fourth-order valence-corrected chi connectivity index (χ4v) is 2.54. The van der Waals surface area contributed by atoms with E-state index in [9.17, 15) is 0 Å². The largest absolute Gasteiger partial charge is 0.379 e. The zero-order valence-electron chi connectivity index (χ0n) is 10.2. The van der Waals surface area contributed by atoms with Crippen LogP contribution in [0.4, 0.5) is 0 Å². The van der Waals surface area contributed by atoms with Gasteiger partial charge in [0.2, 0.25) is 0 Å². The lowest BCUT2D eigenvalue weighted by Gasteiger charge is -2.04. The van der Waals surface area contributed by atoms with Gasteiger partial charge in [0.1, 0.15) is 16.6 Å². The number of thiophene rings is 1. The SMILES string of the molecule is CCCOCCOCc1nc(Cl)c2ccsc2n1. The first kappa shape index (κ1) is 13.7. The fourth-order valence-electron chi connectivity index (χ4n) is 1.45. The molecule has 0 N–H and O–H groups in total. The molecule has 2 rings (SSSR count). The molecule has 0 amide bonds. The van der Waals surface area contributed by atoms with Crippen molar-refractivity contribution in [2.75, 3.05) is 19.8 Å². The van der Waals surface area contributed by atoms with Crippen molar-refractivity contribution in [1.29, 1.82) is 0 Å². The molecule has 18 heavy (non-hydrogen) atoms. The van der Waals surface area contributed by atoms with Crippen LogP contribution in [0.2, 0.25) is 5.15 Å². The molecule has 6 heteroatoms. The van der Waals surface area contributed by atoms with Crippen LogP contribution in [0, 0.1) is 0 Å². The summed E-state index contributed by atoms with van der Waals surface area (Å²) in [6.45, 7) is 4.36. The van der Waals surface area contributed by atoms with Crippen LogP contribution in [-0.4, -0.2) is 29.8 Å². The van der Waals surface area contributed by atoms with Crippen molar-refractivity contribution in [2.24, 2.45) is 0 Å². The molecule has 0 aromatic carbocycles. The second-order valence-corrected chi connectivity index (χ2v) is 4.99. The summed E-state index contributed by atoms with van der Waals surface area (Å²) in [6.07, 6.45) is 1.02. The smallest absolute Gasteiger partial charge is 0.157 e. The Balaban J connectivity index is 1.84. The van der Waals surface area contributed by atoms with Crippen LogP contribution in [0.5, 0.6) is 0 Å². The summed E-state index contributed by atoms with van der Waals surface area (Å²) in [5, 5.41) is 3.34. The van der Waals surface area contributed by atoms with Gasteiger partial charge in [0.15, 0.2) is 5.82 Å². The molecule has 4 nitrogen and oxygen atoms in total. The van der Waals surface area contributed by atoms with Gasteiger partial charge < -0.3 is 9.47 Å². The number of aromatic nitrogens is 2. The Morgan fingerprint density at radius 3 is 2.89 bits per heavy atom. The standard InChI is InChI=1S/C12H15ClN2O2S/c1-2-4-16-5-6-17-8-10-14-11(13)9-3-7-18-12(9)15-10/h3,7H,2,4-6,8H2,1H3. The maximum absolute atomic E-state index is 6.06. The molecule has 2 heterocycles. The van der Waals surface area contributed by atoms with Crippen molar-refractivity contribution in [1.82, 2.24) is 9.97 Å². The molecule has 0 aliphatic rings. The van der Waals surface area contributed by atoms with E-state index in [1.165, 1.54) is 0 Å². The highest BCUT2D eigenvalue weighted by atomic mass is 35.5. The maximum atomic E-state index is 6.06. The minimum atomic E-state index is 0.364. The van der Waals surface area contributed by atoms with E-state index in [4.69, 9.17) is 21.1 Å². The van der Waals surface area contributed by atoms with Gasteiger partial charge in [-0.25, -0.2) is 9.97 Å². The Morgan fingerprint density at radius 1 is 1.22 bits per heavy atom. The summed E-state index contributed by atoms with van der Waals surface area (Å²) in [6, 6.07) is 1.92. The number of nitrogens with zero attached hydrogens (tertiary/aromatic N) is 2. The van der Waals surface area contributed by atoms with E-state index >= 15 is 0 Å². The Hall–Kier alpha value is -0.750. The van der Waals surface area contributed by atoms with Gasteiger partial charge in [0.05, 0.1) is 13.2 Å². The third-order valence-corrected chi connectivity index (χ3v) is 3.37. The van der Waals surface area contributed by atoms with Gasteiger partial charge in [0, 0.05) is 12.0 Å². The number of rotatable bonds is 7. The third kappa shape index (κ3) is 3.62. The zero-order valence-corrected chi connectivity index (χ0v) is 11.8. The zero-order chi connectivity index (χ0) is 12.8. The van der Waals surface area contributed by atoms with Gasteiger partial charge in [0.25, 0.3) is 0 Å². The topological polar surface area (TPSA) is 44.2 Å². The van der Waals surface area contributed by atoms with E-state index in [0.717, 1.165) is 23.2 Å². The quantitative estimate of drug-likeness (QED) is 0.579. The highest BCUT2D eigenvalue weighted by Gasteiger charge is 2.06. The van der Waals surface area contributed by atoms with Crippen LogP contribution >= 0.6 is 22.9 Å². The van der Waals surface area contributed by atoms with Gasteiger partial charge in [-0.1, -0.05) is 18.5 Å². The average Bonchev–Trinajstić information content (AvgIpc) is 2.82. The normalized spacial score (nSPS) is 11.2. The highest BCUT2D eigenvalue weighted by molar-refractivity contribution is 7.16. The molecule has 0 saturated carbocycles. The third-order valence-electron chi connectivity index (χ3n) is 2.28. The van der Waals surface area contributed by atoms with Crippen LogP contribution in [0.25, 0.3) is 10.2 Å². The first-order chi connectivity index (χ1) is 8.81. The van der Waals surface area contributed by atoms with E-state index in [-0.39, 0.29) is 0 Å². The van der Waals surface area contributed by atoms with Crippen molar-refractivity contribution in [3.05, 3.63) is 22.4 Å². The number of ether oxygens (including phenoxy) is 2. The predicted molar refractivity (Wildman–Crippen MR) is 73.2 cm³/mol. The molecule has 0 radical (unpaired) electrons. The number of halogens is 1. The van der Waals surface area contributed by atoms with E-state index in [1.54, 1.807) is 11.3 Å². The Kier molecular flexibility index (Phi) is 5.31. The number of hydrogen-bond donors (Lipinski definition) is 0. The Labute approximate surface area is 115 Å². The predicted octanol–water partition coefficient (Wildman–Crippen LogP) is 3.29. The molecular formula is C12H15ClN2O2S. The number of hydrogen-bond acceptors (Lipinski definition) is 5. The van der Waals surface area contributed by atoms with Crippen LogP contribution in [0.3, 0.4) is 0 Å². The molecule has 0 saturated heterocycles. The molecule has 0 aliphatic carbocycles. The second-order valence-electron chi connectivity index (χ2n) is 3.74. The molecule has 0 spiro atoms. The summed E-state index contributed by atoms with van der Waals surface area (Å²) in [5.41, 5.74) is 0. The molecular weight excluding hydrogens is 272 g/mol. The van der Waals surface area contributed by atoms with Crippen molar-refractivity contribution < 1.29 is 9.47 Å². The molecule has 0 bridgehead atoms. The lowest BCUT2D eigenvalue weighted by atomic mass is 10.4. The average molecular weight is 287 g/mol. The van der Waals surface area contributed by atoms with Crippen LogP contribution in [-0.2, 0) is 16.1 Å². The van der Waals surface area contributed by atoms with Gasteiger partial charge in [-0.3, -0.25) is 0 Å². The lowest BCUT2D eigenvalue weighted by Crippen LogP contribution is -2.06. The van der Waals surface area contributed by atoms with Crippen molar-refractivity contribution >= 4 is 33.2 Å². The molecule has 2 aromatic rings. The number of fused-ring (bicyclic) bond motifs is 1. The molecule has 98 valence electrons. The van der Waals surface area contributed by atoms with E-state index in [2.05, 4.69) is 16.9 Å². The Morgan fingerprint density at radius 2 is 2.06 bits per heavy atom. The summed E-state index contributed by atoms with van der Waals surface area (Å²) < 4.78 is 10.8. The summed E-state index contributed by atoms with van der Waals surface area (Å²) >= 11 is 7.61. The van der Waals surface area contributed by atoms with E-state index < -0.39 is 0 Å². The van der Waals surface area contributed by atoms with Crippen molar-refractivity contribution in [2.45, 2.75) is 20.0 Å². The minimum absolute atomic E-state index is 0.364. The lowest BCUT2D eigenvalue weighted by molar-refractivity contribution is 0.0386. The first-order valence-electron chi connectivity index (χ1n) is 5.86. The van der Waals surface area contributed by atoms with Crippen LogP contribution in [0.1, 0.15) is 19.2 Å². The van der Waals surface area contributed by atoms with E-state index in [1.807, 2.05) is 11.4 Å². The summed E-state index contributed by atoms with van der Waals surface area (Å²) in [7, 11) is 0. The van der Waals surface area contributed by atoms with Crippen LogP contribution < -0.4 is 0 Å². The highest BCUT2D eigenvalue weighted by Crippen LogP contribution is 2.24. The molecule has 0 atom stereocenters. The van der Waals surface area contributed by atoms with Gasteiger partial charge >= 0.3 is 0 Å². The maximum Gasteiger partial charge on any atom is 0.157 e. The first-order valence-corrected chi connectivity index (χ1v) is 7.12. The minimum Gasteiger partial charge on any atom is -0.379 e. The molecule has 0 aliphatic heterocycles. The summed E-state index contributed by atoms with van der Waals surface area (Å²) in [4.78, 5) is 9.49. The van der Waals surface area contributed by atoms with Crippen molar-refractivity contribution in [3.8, 4) is 0 Å². The molecule has 2 aromatic heterocycles. The molecule has 0 fully saturated rings. The van der Waals surface area contributed by atoms with E-state index in [0.29, 0.717) is 30.8 Å². The van der Waals surface area contributed by atoms with Crippen molar-refractivity contribution in [3.63, 3.8) is 0 Å². The fraction of sp³-hybridized carbons (Fsp3) is 0.500. The van der Waals surface area contributed by atoms with Crippen LogP contribution in [0.15, 0.2) is 11.4 Å². The van der Waals surface area contributed by atoms with Gasteiger partial charge in [-0.2, -0.15) is 0 Å². The summed E-state index contributed by atoms with van der Waals surface area (Å²) in [5.74, 6) is 0.616. The van der Waals surface area contributed by atoms with Gasteiger partial charge in [-0.15, -0.1) is 11.3 Å². The van der Waals surface area contributed by atoms with Gasteiger partial charge in [-0.05, 0) is 17.9 Å². The Bertz CT molecular complexity index is 504. The molecule has 0 unspecified atom stereocenters. The second kappa shape index (κ2) is 6.99. The monoisotopic (exact) mass is 286 g/mol.